The molecule has 1 aromatic carbocycles. The van der Waals surface area contributed by atoms with Crippen molar-refractivity contribution in [2.45, 2.75) is 19.4 Å². The summed E-state index contributed by atoms with van der Waals surface area (Å²) in [5.74, 6) is 1.60. The zero-order valence-electron chi connectivity index (χ0n) is 11.1. The second kappa shape index (κ2) is 6.86. The van der Waals surface area contributed by atoms with Gasteiger partial charge in [0.2, 0.25) is 0 Å². The van der Waals surface area contributed by atoms with E-state index in [-0.39, 0.29) is 0 Å². The molecule has 19 heavy (non-hydrogen) atoms. The third-order valence-electron chi connectivity index (χ3n) is 2.90. The first kappa shape index (κ1) is 14.3. The number of halogens is 1. The van der Waals surface area contributed by atoms with E-state index in [9.17, 15) is 0 Å². The van der Waals surface area contributed by atoms with Crippen molar-refractivity contribution in [2.75, 3.05) is 7.05 Å². The van der Waals surface area contributed by atoms with Gasteiger partial charge in [0.25, 0.3) is 0 Å². The Labute approximate surface area is 127 Å². The predicted octanol–water partition coefficient (Wildman–Crippen LogP) is 4.15. The quantitative estimate of drug-likeness (QED) is 0.806. The van der Waals surface area contributed by atoms with Crippen LogP contribution in [0.1, 0.15) is 25.1 Å². The molecule has 1 heterocycles. The highest BCUT2D eigenvalue weighted by molar-refractivity contribution is 14.1. The molecule has 0 aliphatic heterocycles. The maximum absolute atomic E-state index is 5.77. The lowest BCUT2D eigenvalue weighted by Gasteiger charge is -2.13. The van der Waals surface area contributed by atoms with Gasteiger partial charge in [-0.2, -0.15) is 0 Å². The normalized spacial score (nSPS) is 12.2. The number of hydrogen-bond donors (Lipinski definition) is 1. The van der Waals surface area contributed by atoms with Gasteiger partial charge in [0.15, 0.2) is 0 Å². The summed E-state index contributed by atoms with van der Waals surface area (Å²) in [6.07, 6.45) is 2.79. The van der Waals surface area contributed by atoms with Crippen LogP contribution in [0.3, 0.4) is 0 Å². The topological polar surface area (TPSA) is 34.1 Å². The summed E-state index contributed by atoms with van der Waals surface area (Å²) in [6.45, 7) is 2.14. The zero-order chi connectivity index (χ0) is 13.7. The van der Waals surface area contributed by atoms with Crippen LogP contribution in [0.2, 0.25) is 0 Å². The number of ether oxygens (including phenoxy) is 1. The van der Waals surface area contributed by atoms with Crippen molar-refractivity contribution >= 4 is 22.6 Å². The minimum atomic E-state index is 0.298. The Morgan fingerprint density at radius 2 is 2.11 bits per heavy atom. The summed E-state index contributed by atoms with van der Waals surface area (Å²) in [4.78, 5) is 4.45. The van der Waals surface area contributed by atoms with Crippen molar-refractivity contribution < 1.29 is 4.74 Å². The molecule has 3 nitrogen and oxygen atoms in total. The molecule has 0 saturated carbocycles. The number of benzene rings is 1. The molecule has 1 atom stereocenters. The third kappa shape index (κ3) is 3.91. The second-order valence-corrected chi connectivity index (χ2v) is 5.47. The van der Waals surface area contributed by atoms with E-state index >= 15 is 0 Å². The molecule has 2 aromatic rings. The van der Waals surface area contributed by atoms with Crippen LogP contribution >= 0.6 is 22.6 Å². The average Bonchev–Trinajstić information content (AvgIpc) is 2.42. The fourth-order valence-electron chi connectivity index (χ4n) is 1.89. The van der Waals surface area contributed by atoms with Crippen LogP contribution in [0.15, 0.2) is 42.6 Å². The van der Waals surface area contributed by atoms with Crippen LogP contribution in [-0.2, 0) is 0 Å². The van der Waals surface area contributed by atoms with Crippen molar-refractivity contribution in [3.8, 4) is 11.5 Å². The highest BCUT2D eigenvalue weighted by Crippen LogP contribution is 2.23. The summed E-state index contributed by atoms with van der Waals surface area (Å²) in [6, 6.07) is 12.2. The third-order valence-corrected chi connectivity index (χ3v) is 3.58. The van der Waals surface area contributed by atoms with Crippen LogP contribution in [0, 0.1) is 3.57 Å². The van der Waals surface area contributed by atoms with E-state index in [1.54, 1.807) is 6.20 Å². The molecule has 0 aliphatic rings. The number of nitrogens with one attached hydrogen (secondary N) is 1. The monoisotopic (exact) mass is 368 g/mol. The van der Waals surface area contributed by atoms with Gasteiger partial charge in [-0.05, 0) is 66.4 Å². The fourth-order valence-corrected chi connectivity index (χ4v) is 2.40. The highest BCUT2D eigenvalue weighted by Gasteiger charge is 2.08. The molecule has 1 aromatic heterocycles. The Morgan fingerprint density at radius 1 is 1.26 bits per heavy atom. The molecule has 0 saturated heterocycles. The molecule has 0 spiro atoms. The lowest BCUT2D eigenvalue weighted by Crippen LogP contribution is -2.16. The Hall–Kier alpha value is -1.14. The van der Waals surface area contributed by atoms with Gasteiger partial charge < -0.3 is 10.1 Å². The largest absolute Gasteiger partial charge is 0.456 e. The molecule has 0 aliphatic carbocycles. The van der Waals surface area contributed by atoms with Crippen LogP contribution in [0.25, 0.3) is 0 Å². The van der Waals surface area contributed by atoms with E-state index in [0.717, 1.165) is 27.2 Å². The number of rotatable bonds is 5. The number of hydrogen-bond acceptors (Lipinski definition) is 3. The van der Waals surface area contributed by atoms with Gasteiger partial charge in [0.05, 0.1) is 11.9 Å². The number of nitrogens with zero attached hydrogens (tertiary/aromatic N) is 1. The first-order valence-electron chi connectivity index (χ1n) is 6.29. The molecule has 2 rings (SSSR count). The van der Waals surface area contributed by atoms with Crippen LogP contribution in [0.5, 0.6) is 11.5 Å². The second-order valence-electron chi connectivity index (χ2n) is 4.23. The number of aromatic nitrogens is 1. The minimum Gasteiger partial charge on any atom is -0.456 e. The van der Waals surface area contributed by atoms with Gasteiger partial charge in [-0.25, -0.2) is 0 Å². The van der Waals surface area contributed by atoms with E-state index in [0.29, 0.717) is 6.04 Å². The van der Waals surface area contributed by atoms with E-state index in [1.165, 1.54) is 0 Å². The van der Waals surface area contributed by atoms with Crippen LogP contribution in [-0.4, -0.2) is 12.0 Å². The van der Waals surface area contributed by atoms with E-state index in [4.69, 9.17) is 4.74 Å². The van der Waals surface area contributed by atoms with Gasteiger partial charge in [-0.15, -0.1) is 0 Å². The first-order valence-corrected chi connectivity index (χ1v) is 7.37. The highest BCUT2D eigenvalue weighted by atomic mass is 127. The summed E-state index contributed by atoms with van der Waals surface area (Å²) >= 11 is 2.27. The lowest BCUT2D eigenvalue weighted by atomic mass is 10.1. The summed E-state index contributed by atoms with van der Waals surface area (Å²) < 4.78 is 6.93. The molecule has 4 heteroatoms. The van der Waals surface area contributed by atoms with Crippen molar-refractivity contribution in [1.29, 1.82) is 0 Å². The smallest absolute Gasteiger partial charge is 0.145 e. The average molecular weight is 368 g/mol. The Morgan fingerprint density at radius 3 is 2.68 bits per heavy atom. The molecule has 0 amide bonds. The van der Waals surface area contributed by atoms with E-state index < -0.39 is 0 Å². The molecule has 0 radical (unpaired) electrons. The number of pyridine rings is 1. The zero-order valence-corrected chi connectivity index (χ0v) is 13.2. The minimum absolute atomic E-state index is 0.298. The van der Waals surface area contributed by atoms with Crippen LogP contribution < -0.4 is 10.1 Å². The molecule has 1 unspecified atom stereocenters. The van der Waals surface area contributed by atoms with E-state index in [1.807, 2.05) is 43.4 Å². The molecular formula is C15H17IN2O. The summed E-state index contributed by atoms with van der Waals surface area (Å²) in [5, 5.41) is 3.24. The predicted molar refractivity (Wildman–Crippen MR) is 85.6 cm³/mol. The maximum Gasteiger partial charge on any atom is 0.145 e. The standard InChI is InChI=1S/C15H17IN2O/c1-3-14(17-2)15-8-7-13(10-18-15)19-12-6-4-5-11(16)9-12/h4-10,14,17H,3H2,1-2H3. The summed E-state index contributed by atoms with van der Waals surface area (Å²) in [7, 11) is 1.95. The molecule has 0 bridgehead atoms. The van der Waals surface area contributed by atoms with Gasteiger partial charge in [-0.1, -0.05) is 13.0 Å². The van der Waals surface area contributed by atoms with Gasteiger partial charge in [0, 0.05) is 9.61 Å². The van der Waals surface area contributed by atoms with Gasteiger partial charge >= 0.3 is 0 Å². The van der Waals surface area contributed by atoms with E-state index in [2.05, 4.69) is 39.8 Å². The fraction of sp³-hybridized carbons (Fsp3) is 0.267. The van der Waals surface area contributed by atoms with Crippen molar-refractivity contribution in [1.82, 2.24) is 10.3 Å². The SMILES string of the molecule is CCC(NC)c1ccc(Oc2cccc(I)c2)cn1. The van der Waals surface area contributed by atoms with Crippen molar-refractivity contribution in [3.05, 3.63) is 51.9 Å². The molecule has 1 N–H and O–H groups in total. The first-order chi connectivity index (χ1) is 9.22. The Balaban J connectivity index is 2.10. The van der Waals surface area contributed by atoms with Gasteiger partial charge in [0.1, 0.15) is 11.5 Å². The Bertz CT molecular complexity index is 524. The van der Waals surface area contributed by atoms with Crippen molar-refractivity contribution in [2.24, 2.45) is 0 Å². The lowest BCUT2D eigenvalue weighted by molar-refractivity contribution is 0.477. The molecule has 100 valence electrons. The van der Waals surface area contributed by atoms with Crippen LogP contribution in [0.4, 0.5) is 0 Å². The van der Waals surface area contributed by atoms with Crippen molar-refractivity contribution in [3.63, 3.8) is 0 Å². The maximum atomic E-state index is 5.77. The molecular weight excluding hydrogens is 351 g/mol. The summed E-state index contributed by atoms with van der Waals surface area (Å²) in [5.41, 5.74) is 1.04. The van der Waals surface area contributed by atoms with Gasteiger partial charge in [-0.3, -0.25) is 4.98 Å². The molecule has 0 fully saturated rings. The Kier molecular flexibility index (Phi) is 5.15.